The minimum atomic E-state index is -0.620. The van der Waals surface area contributed by atoms with Gasteiger partial charge in [-0.1, -0.05) is 0 Å². The molecule has 1 unspecified atom stereocenters. The fourth-order valence-corrected chi connectivity index (χ4v) is 3.26. The van der Waals surface area contributed by atoms with Crippen molar-refractivity contribution in [3.8, 4) is 6.07 Å². The molecule has 1 atom stereocenters. The van der Waals surface area contributed by atoms with Gasteiger partial charge in [-0.05, 0) is 32.6 Å². The summed E-state index contributed by atoms with van der Waals surface area (Å²) in [4.78, 5) is 16.5. The van der Waals surface area contributed by atoms with Crippen LogP contribution in [0.4, 0.5) is 0 Å². The van der Waals surface area contributed by atoms with Crippen molar-refractivity contribution >= 4 is 5.91 Å². The maximum atomic E-state index is 12.1. The van der Waals surface area contributed by atoms with E-state index in [-0.39, 0.29) is 12.0 Å². The van der Waals surface area contributed by atoms with E-state index in [1.54, 1.807) is 6.92 Å². The van der Waals surface area contributed by atoms with Crippen LogP contribution in [-0.2, 0) is 4.79 Å². The first-order chi connectivity index (χ1) is 10.0. The van der Waals surface area contributed by atoms with Gasteiger partial charge in [0, 0.05) is 32.7 Å². The van der Waals surface area contributed by atoms with Gasteiger partial charge in [0.25, 0.3) is 0 Å². The zero-order chi connectivity index (χ0) is 15.3. The highest BCUT2D eigenvalue weighted by molar-refractivity contribution is 5.79. The van der Waals surface area contributed by atoms with Crippen LogP contribution >= 0.6 is 0 Å². The number of nitrogens with zero attached hydrogens (tertiary/aromatic N) is 3. The first-order valence-corrected chi connectivity index (χ1v) is 7.88. The number of hydrogen-bond donors (Lipinski definition) is 2. The van der Waals surface area contributed by atoms with Crippen molar-refractivity contribution in [2.75, 3.05) is 39.3 Å². The van der Waals surface area contributed by atoms with Gasteiger partial charge in [0.1, 0.15) is 5.54 Å². The number of aliphatic hydroxyl groups is 1. The number of hydrogen-bond acceptors (Lipinski definition) is 5. The van der Waals surface area contributed by atoms with E-state index in [0.29, 0.717) is 13.1 Å². The average molecular weight is 294 g/mol. The summed E-state index contributed by atoms with van der Waals surface area (Å²) in [5.74, 6) is -0.0394. The lowest BCUT2D eigenvalue weighted by Gasteiger charge is -2.35. The van der Waals surface area contributed by atoms with Crippen LogP contribution in [0.1, 0.15) is 32.6 Å². The van der Waals surface area contributed by atoms with Gasteiger partial charge < -0.3 is 10.4 Å². The molecule has 0 aromatic heterocycles. The molecule has 2 fully saturated rings. The normalized spacial score (nSPS) is 24.4. The fraction of sp³-hybridized carbons (Fsp3) is 0.867. The summed E-state index contributed by atoms with van der Waals surface area (Å²) in [5.41, 5.74) is -0.620. The van der Waals surface area contributed by atoms with Crippen molar-refractivity contribution in [3.63, 3.8) is 0 Å². The van der Waals surface area contributed by atoms with Crippen LogP contribution in [0.2, 0.25) is 0 Å². The van der Waals surface area contributed by atoms with Gasteiger partial charge in [-0.15, -0.1) is 0 Å². The van der Waals surface area contributed by atoms with E-state index < -0.39 is 5.54 Å². The van der Waals surface area contributed by atoms with E-state index in [9.17, 15) is 15.2 Å². The van der Waals surface area contributed by atoms with Crippen LogP contribution in [0.5, 0.6) is 0 Å². The maximum Gasteiger partial charge on any atom is 0.235 e. The Morgan fingerprint density at radius 1 is 1.29 bits per heavy atom. The molecule has 6 heteroatoms. The van der Waals surface area contributed by atoms with Gasteiger partial charge in [-0.25, -0.2) is 0 Å². The minimum absolute atomic E-state index is 0.0394. The SMILES string of the molecule is CC(O)CN1CCN(CC(=O)NC2(C#N)CCCC2)CC1. The molecule has 0 aromatic carbocycles. The van der Waals surface area contributed by atoms with Gasteiger partial charge in [-0.2, -0.15) is 5.26 Å². The van der Waals surface area contributed by atoms with E-state index in [4.69, 9.17) is 0 Å². The molecule has 21 heavy (non-hydrogen) atoms. The van der Waals surface area contributed by atoms with Crippen LogP contribution in [0.15, 0.2) is 0 Å². The average Bonchev–Trinajstić information content (AvgIpc) is 2.89. The van der Waals surface area contributed by atoms with E-state index in [1.807, 2.05) is 0 Å². The van der Waals surface area contributed by atoms with Crippen LogP contribution in [0, 0.1) is 11.3 Å². The molecule has 2 aliphatic rings. The lowest BCUT2D eigenvalue weighted by molar-refractivity contribution is -0.124. The first kappa shape index (κ1) is 16.2. The van der Waals surface area contributed by atoms with Crippen molar-refractivity contribution in [2.24, 2.45) is 0 Å². The summed E-state index contributed by atoms with van der Waals surface area (Å²) in [5, 5.41) is 21.6. The van der Waals surface area contributed by atoms with E-state index in [1.165, 1.54) is 0 Å². The number of rotatable bonds is 5. The molecule has 6 nitrogen and oxygen atoms in total. The summed E-state index contributed by atoms with van der Waals surface area (Å²) in [6, 6.07) is 2.29. The quantitative estimate of drug-likeness (QED) is 0.742. The molecule has 2 N–H and O–H groups in total. The molecule has 0 aromatic rings. The Bertz CT molecular complexity index is 391. The summed E-state index contributed by atoms with van der Waals surface area (Å²) >= 11 is 0. The second-order valence-corrected chi connectivity index (χ2v) is 6.37. The van der Waals surface area contributed by atoms with Crippen molar-refractivity contribution in [2.45, 2.75) is 44.2 Å². The molecular weight excluding hydrogens is 268 g/mol. The van der Waals surface area contributed by atoms with E-state index in [0.717, 1.165) is 51.9 Å². The van der Waals surface area contributed by atoms with Crippen LogP contribution < -0.4 is 5.32 Å². The summed E-state index contributed by atoms with van der Waals surface area (Å²) < 4.78 is 0. The highest BCUT2D eigenvalue weighted by Gasteiger charge is 2.35. The standard InChI is InChI=1S/C15H26N4O2/c1-13(20)10-18-6-8-19(9-7-18)11-14(21)17-15(12-16)4-2-3-5-15/h13,20H,2-11H2,1H3,(H,17,21). The summed E-state index contributed by atoms with van der Waals surface area (Å²) in [7, 11) is 0. The first-order valence-electron chi connectivity index (χ1n) is 7.88. The Labute approximate surface area is 126 Å². The second-order valence-electron chi connectivity index (χ2n) is 6.37. The number of β-amino-alcohol motifs (C(OH)–C–C–N with tert-alkyl or cyclic N) is 1. The van der Waals surface area contributed by atoms with Crippen LogP contribution in [-0.4, -0.2) is 71.7 Å². The smallest absolute Gasteiger partial charge is 0.235 e. The highest BCUT2D eigenvalue weighted by Crippen LogP contribution is 2.28. The molecule has 2 rings (SSSR count). The van der Waals surface area contributed by atoms with Crippen molar-refractivity contribution in [1.29, 1.82) is 5.26 Å². The number of piperazine rings is 1. The van der Waals surface area contributed by atoms with E-state index >= 15 is 0 Å². The zero-order valence-electron chi connectivity index (χ0n) is 12.8. The Hall–Kier alpha value is -1.16. The number of nitrogens with one attached hydrogen (secondary N) is 1. The molecule has 1 saturated carbocycles. The molecule has 0 bridgehead atoms. The van der Waals surface area contributed by atoms with Crippen LogP contribution in [0.3, 0.4) is 0 Å². The molecule has 1 aliphatic heterocycles. The van der Waals surface area contributed by atoms with Crippen LogP contribution in [0.25, 0.3) is 0 Å². The third-order valence-electron chi connectivity index (χ3n) is 4.40. The molecular formula is C15H26N4O2. The van der Waals surface area contributed by atoms with Crippen molar-refractivity contribution in [1.82, 2.24) is 15.1 Å². The molecule has 0 spiro atoms. The molecule has 1 saturated heterocycles. The lowest BCUT2D eigenvalue weighted by Crippen LogP contribution is -2.53. The monoisotopic (exact) mass is 294 g/mol. The van der Waals surface area contributed by atoms with Gasteiger partial charge in [0.2, 0.25) is 5.91 Å². The molecule has 1 amide bonds. The lowest BCUT2D eigenvalue weighted by atomic mass is 10.00. The highest BCUT2D eigenvalue weighted by atomic mass is 16.3. The predicted octanol–water partition coefficient (Wildman–Crippen LogP) is -0.0626. The molecule has 118 valence electrons. The summed E-state index contributed by atoms with van der Waals surface area (Å²) in [6.07, 6.45) is 3.28. The zero-order valence-corrected chi connectivity index (χ0v) is 12.8. The van der Waals surface area contributed by atoms with Gasteiger partial charge in [-0.3, -0.25) is 14.6 Å². The number of amides is 1. The Kier molecular flexibility index (Phi) is 5.57. The number of carbonyl (C=O) groups is 1. The third kappa shape index (κ3) is 4.67. The Morgan fingerprint density at radius 2 is 1.86 bits per heavy atom. The molecule has 1 heterocycles. The topological polar surface area (TPSA) is 79.6 Å². The van der Waals surface area contributed by atoms with Crippen molar-refractivity contribution in [3.05, 3.63) is 0 Å². The van der Waals surface area contributed by atoms with Gasteiger partial charge >= 0.3 is 0 Å². The van der Waals surface area contributed by atoms with E-state index in [2.05, 4.69) is 21.2 Å². The number of aliphatic hydroxyl groups excluding tert-OH is 1. The number of nitriles is 1. The molecule has 0 radical (unpaired) electrons. The Balaban J connectivity index is 1.73. The second kappa shape index (κ2) is 7.21. The fourth-order valence-electron chi connectivity index (χ4n) is 3.26. The number of carbonyl (C=O) groups excluding carboxylic acids is 1. The van der Waals surface area contributed by atoms with Crippen molar-refractivity contribution < 1.29 is 9.90 Å². The molecule has 1 aliphatic carbocycles. The maximum absolute atomic E-state index is 12.1. The summed E-state index contributed by atoms with van der Waals surface area (Å²) in [6.45, 7) is 6.27. The Morgan fingerprint density at radius 3 is 2.38 bits per heavy atom. The van der Waals surface area contributed by atoms with Gasteiger partial charge in [0.15, 0.2) is 0 Å². The minimum Gasteiger partial charge on any atom is -0.392 e. The predicted molar refractivity (Wildman–Crippen MR) is 79.5 cm³/mol. The third-order valence-corrected chi connectivity index (χ3v) is 4.40. The van der Waals surface area contributed by atoms with Gasteiger partial charge in [0.05, 0.1) is 18.7 Å². The largest absolute Gasteiger partial charge is 0.392 e.